The first-order valence-corrected chi connectivity index (χ1v) is 9.77. The summed E-state index contributed by atoms with van der Waals surface area (Å²) in [5.41, 5.74) is 0. The second-order valence-electron chi connectivity index (χ2n) is 8.25. The van der Waals surface area contributed by atoms with Gasteiger partial charge < -0.3 is 24.1 Å². The van der Waals surface area contributed by atoms with Gasteiger partial charge in [-0.1, -0.05) is 20.8 Å². The fraction of sp³-hybridized carbons (Fsp3) is 0.900. The van der Waals surface area contributed by atoms with E-state index in [0.717, 1.165) is 0 Å². The molecule has 2 aliphatic rings. The molecule has 0 bridgehead atoms. The summed E-state index contributed by atoms with van der Waals surface area (Å²) < 4.78 is 22.7. The monoisotopic (exact) mass is 386 g/mol. The van der Waals surface area contributed by atoms with Crippen LogP contribution in [-0.2, 0) is 28.5 Å². The molecule has 0 amide bonds. The molecule has 1 heterocycles. The minimum atomic E-state index is -1.42. The Morgan fingerprint density at radius 2 is 1.78 bits per heavy atom. The molecule has 0 spiro atoms. The third kappa shape index (κ3) is 3.79. The van der Waals surface area contributed by atoms with E-state index in [2.05, 4.69) is 13.8 Å². The van der Waals surface area contributed by atoms with Crippen LogP contribution in [0.4, 0.5) is 0 Å². The van der Waals surface area contributed by atoms with Crippen LogP contribution >= 0.6 is 0 Å². The predicted molar refractivity (Wildman–Crippen MR) is 97.6 cm³/mol. The van der Waals surface area contributed by atoms with Crippen LogP contribution in [0.25, 0.3) is 0 Å². The Morgan fingerprint density at radius 1 is 1.19 bits per heavy atom. The zero-order chi connectivity index (χ0) is 20.6. The highest BCUT2D eigenvalue weighted by Crippen LogP contribution is 2.47. The number of esters is 1. The second kappa shape index (κ2) is 8.15. The normalized spacial score (nSPS) is 41.5. The van der Waals surface area contributed by atoms with E-state index < -0.39 is 41.6 Å². The minimum Gasteiger partial charge on any atom is -0.425 e. The van der Waals surface area contributed by atoms with Crippen LogP contribution < -0.4 is 0 Å². The molecule has 2 rings (SSSR count). The van der Waals surface area contributed by atoms with Crippen molar-refractivity contribution in [3.63, 3.8) is 0 Å². The van der Waals surface area contributed by atoms with Gasteiger partial charge in [-0.05, 0) is 31.6 Å². The third-order valence-electron chi connectivity index (χ3n) is 6.53. The van der Waals surface area contributed by atoms with E-state index in [-0.39, 0.29) is 17.6 Å². The topological polar surface area (TPSA) is 91.3 Å². The van der Waals surface area contributed by atoms with Gasteiger partial charge in [0.05, 0.1) is 6.10 Å². The van der Waals surface area contributed by atoms with Gasteiger partial charge >= 0.3 is 5.97 Å². The first-order chi connectivity index (χ1) is 12.5. The van der Waals surface area contributed by atoms with Crippen LogP contribution in [-0.4, -0.2) is 54.9 Å². The van der Waals surface area contributed by atoms with Crippen LogP contribution in [0.1, 0.15) is 53.9 Å². The highest BCUT2D eigenvalue weighted by Gasteiger charge is 2.61. The van der Waals surface area contributed by atoms with Crippen LogP contribution in [0.3, 0.4) is 0 Å². The molecule has 0 radical (unpaired) electrons. The molecule has 7 atom stereocenters. The van der Waals surface area contributed by atoms with Gasteiger partial charge in [-0.3, -0.25) is 4.79 Å². The number of ether oxygens (including phenoxy) is 4. The number of methoxy groups -OCH3 is 2. The Hall–Kier alpha value is -1.02. The van der Waals surface area contributed by atoms with E-state index in [0.29, 0.717) is 19.3 Å². The standard InChI is InChI=1S/C20H34O7/c1-8-13(21)16-14(22)10-9-12(11(2)3)15(16)17-18(23)27-20(5,25-7)19(4,24-6)26-17/h11-13,15-17,21H,8-10H2,1-7H3/t12-,13-,15-,16-,17+,19-,20-/m1/s1. The van der Waals surface area contributed by atoms with Crippen LogP contribution in [0.2, 0.25) is 0 Å². The summed E-state index contributed by atoms with van der Waals surface area (Å²) in [5, 5.41) is 10.6. The summed E-state index contributed by atoms with van der Waals surface area (Å²) in [6, 6.07) is 0. The van der Waals surface area contributed by atoms with Gasteiger partial charge in [-0.25, -0.2) is 4.79 Å². The number of cyclic esters (lactones) is 1. The van der Waals surface area contributed by atoms with Gasteiger partial charge in [0.15, 0.2) is 6.10 Å². The van der Waals surface area contributed by atoms with E-state index in [1.807, 2.05) is 6.92 Å². The van der Waals surface area contributed by atoms with Crippen molar-refractivity contribution >= 4 is 11.8 Å². The van der Waals surface area contributed by atoms with Crippen LogP contribution in [0.15, 0.2) is 0 Å². The molecule has 156 valence electrons. The van der Waals surface area contributed by atoms with Crippen molar-refractivity contribution in [2.75, 3.05) is 14.2 Å². The van der Waals surface area contributed by atoms with E-state index in [1.54, 1.807) is 13.8 Å². The van der Waals surface area contributed by atoms with Crippen molar-refractivity contribution in [3.05, 3.63) is 0 Å². The molecule has 1 aliphatic carbocycles. The fourth-order valence-corrected chi connectivity index (χ4v) is 4.50. The predicted octanol–water partition coefficient (Wildman–Crippen LogP) is 2.29. The molecule has 7 heteroatoms. The van der Waals surface area contributed by atoms with Gasteiger partial charge in [-0.15, -0.1) is 0 Å². The number of aliphatic hydroxyl groups is 1. The summed E-state index contributed by atoms with van der Waals surface area (Å²) in [5.74, 6) is -4.26. The minimum absolute atomic E-state index is 0.0261. The average Bonchev–Trinajstić information content (AvgIpc) is 2.63. The molecule has 1 N–H and O–H groups in total. The lowest BCUT2D eigenvalue weighted by Crippen LogP contribution is -2.67. The van der Waals surface area contributed by atoms with Crippen molar-refractivity contribution in [3.8, 4) is 0 Å². The number of ketones is 1. The Bertz CT molecular complexity index is 563. The molecule has 7 nitrogen and oxygen atoms in total. The van der Waals surface area contributed by atoms with E-state index in [4.69, 9.17) is 18.9 Å². The van der Waals surface area contributed by atoms with Gasteiger partial charge in [-0.2, -0.15) is 0 Å². The number of aliphatic hydroxyl groups excluding tert-OH is 1. The second-order valence-corrected chi connectivity index (χ2v) is 8.25. The maximum atomic E-state index is 12.9. The summed E-state index contributed by atoms with van der Waals surface area (Å²) in [6.45, 7) is 9.18. The van der Waals surface area contributed by atoms with E-state index >= 15 is 0 Å². The average molecular weight is 386 g/mol. The molecule has 0 aromatic carbocycles. The number of rotatable bonds is 6. The molecule has 1 saturated heterocycles. The Morgan fingerprint density at radius 3 is 2.26 bits per heavy atom. The van der Waals surface area contributed by atoms with E-state index in [9.17, 15) is 14.7 Å². The summed E-state index contributed by atoms with van der Waals surface area (Å²) in [7, 11) is 2.87. The summed E-state index contributed by atoms with van der Waals surface area (Å²) in [4.78, 5) is 25.6. The molecular weight excluding hydrogens is 352 g/mol. The quantitative estimate of drug-likeness (QED) is 0.700. The third-order valence-corrected chi connectivity index (χ3v) is 6.53. The molecular formula is C20H34O7. The molecule has 1 aliphatic heterocycles. The molecule has 0 aromatic rings. The first-order valence-electron chi connectivity index (χ1n) is 9.77. The molecule has 2 fully saturated rings. The maximum Gasteiger partial charge on any atom is 0.338 e. The maximum absolute atomic E-state index is 12.9. The number of Topliss-reactive ketones (excluding diaryl/α,β-unsaturated/α-hetero) is 1. The lowest BCUT2D eigenvalue weighted by atomic mass is 9.63. The highest BCUT2D eigenvalue weighted by atomic mass is 16.8. The number of hydrogen-bond acceptors (Lipinski definition) is 7. The molecule has 0 unspecified atom stereocenters. The number of carbonyl (C=O) groups excluding carboxylic acids is 2. The van der Waals surface area contributed by atoms with Crippen molar-refractivity contribution in [1.82, 2.24) is 0 Å². The number of hydrogen-bond donors (Lipinski definition) is 1. The summed E-state index contributed by atoms with van der Waals surface area (Å²) in [6.07, 6.45) is -0.352. The SMILES string of the molecule is CC[C@@H](O)[C@@H]1C(=O)CC[C@H](C(C)C)[C@H]1[C@@H]1O[C@@](C)(OC)[C@](C)(OC)OC1=O. The van der Waals surface area contributed by atoms with Crippen molar-refractivity contribution < 1.29 is 33.6 Å². The lowest BCUT2D eigenvalue weighted by Gasteiger charge is -2.52. The molecule has 27 heavy (non-hydrogen) atoms. The van der Waals surface area contributed by atoms with Crippen LogP contribution in [0, 0.1) is 23.7 Å². The van der Waals surface area contributed by atoms with E-state index in [1.165, 1.54) is 14.2 Å². The molecule has 0 aromatic heterocycles. The lowest BCUT2D eigenvalue weighted by molar-refractivity contribution is -0.411. The van der Waals surface area contributed by atoms with Gasteiger partial charge in [0.2, 0.25) is 5.79 Å². The van der Waals surface area contributed by atoms with Gasteiger partial charge in [0, 0.05) is 39.4 Å². The zero-order valence-electron chi connectivity index (χ0n) is 17.5. The highest BCUT2D eigenvalue weighted by molar-refractivity contribution is 5.85. The Kier molecular flexibility index (Phi) is 6.72. The number of carbonyl (C=O) groups is 2. The fourth-order valence-electron chi connectivity index (χ4n) is 4.50. The smallest absolute Gasteiger partial charge is 0.338 e. The van der Waals surface area contributed by atoms with Crippen molar-refractivity contribution in [2.24, 2.45) is 23.7 Å². The molecule has 1 saturated carbocycles. The largest absolute Gasteiger partial charge is 0.425 e. The van der Waals surface area contributed by atoms with Crippen molar-refractivity contribution in [2.45, 2.75) is 77.7 Å². The first kappa shape index (κ1) is 22.3. The van der Waals surface area contributed by atoms with Crippen LogP contribution in [0.5, 0.6) is 0 Å². The van der Waals surface area contributed by atoms with Crippen molar-refractivity contribution in [1.29, 1.82) is 0 Å². The Balaban J connectivity index is 2.48. The van der Waals surface area contributed by atoms with Gasteiger partial charge in [0.25, 0.3) is 5.79 Å². The Labute approximate surface area is 161 Å². The van der Waals surface area contributed by atoms with Gasteiger partial charge in [0.1, 0.15) is 5.78 Å². The zero-order valence-corrected chi connectivity index (χ0v) is 17.5. The summed E-state index contributed by atoms with van der Waals surface area (Å²) >= 11 is 0.